The third-order valence-corrected chi connectivity index (χ3v) is 2.00. The van der Waals surface area contributed by atoms with Crippen LogP contribution in [0.4, 0.5) is 0 Å². The van der Waals surface area contributed by atoms with Crippen molar-refractivity contribution >= 4 is 15.2 Å². The summed E-state index contributed by atoms with van der Waals surface area (Å²) in [5.41, 5.74) is 0. The quantitative estimate of drug-likeness (QED) is 0.426. The maximum atomic E-state index is 2.28. The average molecular weight is 86.1 g/mol. The monoisotopic (exact) mass is 86.1 g/mol. The van der Waals surface area contributed by atoms with E-state index < -0.39 is 0 Å². The molecule has 0 aliphatic carbocycles. The maximum Gasteiger partial charge on any atom is -1.00 e. The van der Waals surface area contributed by atoms with E-state index in [1.165, 1.54) is 0 Å². The molecule has 0 aromatic rings. The van der Waals surface area contributed by atoms with E-state index in [-0.39, 0.29) is 1.43 Å². The van der Waals surface area contributed by atoms with Crippen molar-refractivity contribution in [2.45, 2.75) is 24.4 Å². The third-order valence-electron chi connectivity index (χ3n) is 0.667. The molecule has 0 aliphatic rings. The Labute approximate surface area is 41.8 Å². The van der Waals surface area contributed by atoms with Gasteiger partial charge in [-0.25, -0.2) is 0 Å². The summed E-state index contributed by atoms with van der Waals surface area (Å²) in [5, 5.41) is 0. The fourth-order valence-electron chi connectivity index (χ4n) is 0. The Morgan fingerprint density at radius 2 is 1.80 bits per heavy atom. The molecule has 0 saturated heterocycles. The summed E-state index contributed by atoms with van der Waals surface area (Å²) in [6.07, 6.45) is 0. The molecule has 0 aromatic carbocycles. The van der Waals surface area contributed by atoms with E-state index in [4.69, 9.17) is 0 Å². The van der Waals surface area contributed by atoms with Crippen LogP contribution < -0.4 is 0 Å². The molecule has 0 bridgehead atoms. The van der Waals surface area contributed by atoms with Gasteiger partial charge in [-0.2, -0.15) is 0 Å². The first-order valence-corrected chi connectivity index (χ1v) is 3.89. The number of hydrogen-bond donors (Lipinski definition) is 0. The fourth-order valence-corrected chi connectivity index (χ4v) is 0. The molecule has 1 heteroatoms. The minimum atomic E-state index is 0. The van der Waals surface area contributed by atoms with Crippen LogP contribution in [0.2, 0.25) is 10.6 Å². The molecule has 0 spiro atoms. The van der Waals surface area contributed by atoms with E-state index in [0.717, 1.165) is 20.0 Å². The van der Waals surface area contributed by atoms with Crippen LogP contribution in [-0.2, 0) is 0 Å². The van der Waals surface area contributed by atoms with Gasteiger partial charge in [-0.05, 0) is 0 Å². The Morgan fingerprint density at radius 3 is 1.80 bits per heavy atom. The molecule has 0 amide bonds. The van der Waals surface area contributed by atoms with Crippen molar-refractivity contribution in [3.05, 3.63) is 0 Å². The molecule has 0 aromatic heterocycles. The molecule has 0 aliphatic heterocycles. The van der Waals surface area contributed by atoms with Crippen LogP contribution >= 0.6 is 0 Å². The first kappa shape index (κ1) is 5.53. The van der Waals surface area contributed by atoms with Crippen molar-refractivity contribution in [1.82, 2.24) is 0 Å². The van der Waals surface area contributed by atoms with Gasteiger partial charge < -0.3 is 1.43 Å². The van der Waals surface area contributed by atoms with Gasteiger partial charge in [-0.1, -0.05) is 0 Å². The third kappa shape index (κ3) is 4.53. The van der Waals surface area contributed by atoms with Crippen molar-refractivity contribution < 1.29 is 1.43 Å². The molecule has 0 unspecified atom stereocenters. The summed E-state index contributed by atoms with van der Waals surface area (Å²) in [5.74, 6) is 2.28. The molecule has 0 saturated carbocycles. The van der Waals surface area contributed by atoms with Gasteiger partial charge in [0.25, 0.3) is 0 Å². The second kappa shape index (κ2) is 2.75. The van der Waals surface area contributed by atoms with Gasteiger partial charge in [0.05, 0.1) is 0 Å². The minimum Gasteiger partial charge on any atom is -1.00 e. The fraction of sp³-hybridized carbons (Fsp3) is 1.00. The molecular weight excluding hydrogens is 75.0 g/mol. The SMILES string of the molecule is [CH3][Al+][CH](C)C.[H-]. The molecule has 0 nitrogen and oxygen atoms in total. The van der Waals surface area contributed by atoms with Crippen LogP contribution in [0.25, 0.3) is 0 Å². The zero-order valence-corrected chi connectivity index (χ0v) is 5.31. The minimum absolute atomic E-state index is 0. The van der Waals surface area contributed by atoms with Crippen LogP contribution in [-0.4, -0.2) is 15.2 Å². The van der Waals surface area contributed by atoms with E-state index in [1.807, 2.05) is 0 Å². The predicted octanol–water partition coefficient (Wildman–Crippen LogP) is 1.68. The molecule has 0 atom stereocenters. The van der Waals surface area contributed by atoms with Crippen LogP contribution in [0.3, 0.4) is 0 Å². The second-order valence-corrected chi connectivity index (χ2v) is 3.58. The van der Waals surface area contributed by atoms with E-state index in [9.17, 15) is 0 Å². The van der Waals surface area contributed by atoms with Gasteiger partial charge in [0.15, 0.2) is 0 Å². The smallest absolute Gasteiger partial charge is 1.00 e. The van der Waals surface area contributed by atoms with Crippen LogP contribution in [0.5, 0.6) is 0 Å². The van der Waals surface area contributed by atoms with Crippen LogP contribution in [0.15, 0.2) is 0 Å². The summed E-state index contributed by atoms with van der Waals surface area (Å²) in [7, 11) is 0. The topological polar surface area (TPSA) is 0 Å². The normalized spacial score (nSPS) is 8.00. The first-order valence-electron chi connectivity index (χ1n) is 2.07. The summed E-state index contributed by atoms with van der Waals surface area (Å²) in [4.78, 5) is 0. The van der Waals surface area contributed by atoms with E-state index in [2.05, 4.69) is 19.6 Å². The summed E-state index contributed by atoms with van der Waals surface area (Å²) < 4.78 is 0.968. The molecule has 30 valence electrons. The summed E-state index contributed by atoms with van der Waals surface area (Å²) >= 11 is 0.731. The van der Waals surface area contributed by atoms with Crippen LogP contribution in [0, 0.1) is 0 Å². The average Bonchev–Trinajstić information content (AvgIpc) is 1.38. The van der Waals surface area contributed by atoms with Crippen molar-refractivity contribution in [3.8, 4) is 0 Å². The molecule has 0 fully saturated rings. The number of rotatable bonds is 1. The Hall–Kier alpha value is 0.532. The van der Waals surface area contributed by atoms with Crippen molar-refractivity contribution in [3.63, 3.8) is 0 Å². The Morgan fingerprint density at radius 1 is 1.60 bits per heavy atom. The Bertz CT molecular complexity index is 21.5. The van der Waals surface area contributed by atoms with E-state index >= 15 is 0 Å². The standard InChI is InChI=1S/C3H7.CH3.Al.H/c1-3-2;;;/h3H,1-2H3;1H3;;/q;;+1;-1. The zero-order valence-electron chi connectivity index (χ0n) is 5.15. The molecular formula is C4H11Al. The predicted molar refractivity (Wildman–Crippen MR) is 27.8 cm³/mol. The van der Waals surface area contributed by atoms with Crippen molar-refractivity contribution in [2.75, 3.05) is 0 Å². The first-order chi connectivity index (χ1) is 2.27. The van der Waals surface area contributed by atoms with E-state index in [1.54, 1.807) is 0 Å². The largest absolute Gasteiger partial charge is 1.00 e. The summed E-state index contributed by atoms with van der Waals surface area (Å²) in [6.45, 7) is 4.52. The van der Waals surface area contributed by atoms with Crippen molar-refractivity contribution in [1.29, 1.82) is 0 Å². The Kier molecular flexibility index (Phi) is 3.05. The molecule has 5 heavy (non-hydrogen) atoms. The van der Waals surface area contributed by atoms with Gasteiger partial charge in [-0.15, -0.1) is 0 Å². The molecule has 0 radical (unpaired) electrons. The van der Waals surface area contributed by atoms with Crippen LogP contribution in [0.1, 0.15) is 15.3 Å². The van der Waals surface area contributed by atoms with Gasteiger partial charge in [0.1, 0.15) is 0 Å². The summed E-state index contributed by atoms with van der Waals surface area (Å²) in [6, 6.07) is 0. The van der Waals surface area contributed by atoms with Gasteiger partial charge in [0.2, 0.25) is 0 Å². The molecule has 0 N–H and O–H groups in total. The maximum absolute atomic E-state index is 2.28. The molecule has 0 rings (SSSR count). The van der Waals surface area contributed by atoms with E-state index in [0.29, 0.717) is 0 Å². The van der Waals surface area contributed by atoms with Crippen molar-refractivity contribution in [2.24, 2.45) is 0 Å². The van der Waals surface area contributed by atoms with Gasteiger partial charge in [0, 0.05) is 0 Å². The molecule has 0 heterocycles. The Balaban J connectivity index is 0. The number of hydrogen-bond acceptors (Lipinski definition) is 0. The zero-order chi connectivity index (χ0) is 4.28. The second-order valence-electron chi connectivity index (χ2n) is 1.58. The van der Waals surface area contributed by atoms with Gasteiger partial charge >= 0.3 is 39.6 Å². The van der Waals surface area contributed by atoms with Gasteiger partial charge in [-0.3, -0.25) is 0 Å².